The van der Waals surface area contributed by atoms with Crippen molar-refractivity contribution in [1.29, 1.82) is 0 Å². The summed E-state index contributed by atoms with van der Waals surface area (Å²) in [5, 5.41) is 0. The van der Waals surface area contributed by atoms with Crippen LogP contribution >= 0.6 is 22.6 Å². The van der Waals surface area contributed by atoms with Gasteiger partial charge in [0, 0.05) is 3.57 Å². The minimum absolute atomic E-state index is 0.156. The van der Waals surface area contributed by atoms with Crippen LogP contribution in [0.3, 0.4) is 0 Å². The Morgan fingerprint density at radius 3 is 1.86 bits per heavy atom. The van der Waals surface area contributed by atoms with Gasteiger partial charge in [-0.1, -0.05) is 0 Å². The summed E-state index contributed by atoms with van der Waals surface area (Å²) < 4.78 is 35.8. The van der Waals surface area contributed by atoms with Crippen molar-refractivity contribution in [3.8, 4) is 11.5 Å². The van der Waals surface area contributed by atoms with Gasteiger partial charge >= 0.3 is 0 Å². The largest absolute Gasteiger partial charge is 0.496 e. The summed E-state index contributed by atoms with van der Waals surface area (Å²) in [4.78, 5) is 0. The van der Waals surface area contributed by atoms with Crippen LogP contribution in [-0.4, -0.2) is 14.2 Å². The molecule has 0 saturated carbocycles. The van der Waals surface area contributed by atoms with Gasteiger partial charge in [-0.25, -0.2) is 8.78 Å². The van der Waals surface area contributed by atoms with E-state index in [9.17, 15) is 8.78 Å². The topological polar surface area (TPSA) is 18.5 Å². The molecule has 0 aliphatic carbocycles. The number of benzene rings is 1. The molecule has 0 spiro atoms. The van der Waals surface area contributed by atoms with Crippen LogP contribution in [0.1, 0.15) is 12.0 Å². The van der Waals surface area contributed by atoms with Crippen molar-refractivity contribution >= 4 is 22.6 Å². The fraction of sp³-hybridized carbons (Fsp3) is 0.333. The van der Waals surface area contributed by atoms with Gasteiger partial charge in [-0.2, -0.15) is 0 Å². The molecule has 78 valence electrons. The van der Waals surface area contributed by atoms with Crippen molar-refractivity contribution in [2.45, 2.75) is 6.43 Å². The number of rotatable bonds is 3. The van der Waals surface area contributed by atoms with Crippen molar-refractivity contribution in [3.63, 3.8) is 0 Å². The van der Waals surface area contributed by atoms with Gasteiger partial charge in [0.15, 0.2) is 0 Å². The first-order valence-corrected chi connectivity index (χ1v) is 4.87. The summed E-state index contributed by atoms with van der Waals surface area (Å²) in [7, 11) is 2.72. The lowest BCUT2D eigenvalue weighted by atomic mass is 10.2. The lowest BCUT2D eigenvalue weighted by Gasteiger charge is -2.12. The molecule has 0 heterocycles. The molecule has 0 aliphatic heterocycles. The first-order chi connectivity index (χ1) is 6.60. The molecule has 0 unspecified atom stereocenters. The van der Waals surface area contributed by atoms with Gasteiger partial charge in [-0.05, 0) is 34.7 Å². The number of ether oxygens (including phenoxy) is 2. The summed E-state index contributed by atoms with van der Waals surface area (Å²) in [6, 6.07) is 3.09. The summed E-state index contributed by atoms with van der Waals surface area (Å²) in [6.07, 6.45) is -2.60. The van der Waals surface area contributed by atoms with Crippen LogP contribution < -0.4 is 9.47 Å². The normalized spacial score (nSPS) is 10.4. The molecule has 14 heavy (non-hydrogen) atoms. The highest BCUT2D eigenvalue weighted by molar-refractivity contribution is 14.1. The Balaban J connectivity index is 3.33. The first-order valence-electron chi connectivity index (χ1n) is 3.79. The van der Waals surface area contributed by atoms with E-state index < -0.39 is 6.43 Å². The summed E-state index contributed by atoms with van der Waals surface area (Å²) in [5.41, 5.74) is -0.199. The lowest BCUT2D eigenvalue weighted by molar-refractivity contribution is 0.142. The zero-order chi connectivity index (χ0) is 10.7. The average molecular weight is 314 g/mol. The van der Waals surface area contributed by atoms with Crippen LogP contribution in [0.5, 0.6) is 11.5 Å². The summed E-state index contributed by atoms with van der Waals surface area (Å²) >= 11 is 2.01. The van der Waals surface area contributed by atoms with E-state index in [1.165, 1.54) is 14.2 Å². The summed E-state index contributed by atoms with van der Waals surface area (Å²) in [6.45, 7) is 0. The second-order valence-corrected chi connectivity index (χ2v) is 3.77. The second kappa shape index (κ2) is 4.77. The van der Waals surface area contributed by atoms with E-state index in [2.05, 4.69) is 0 Å². The smallest absolute Gasteiger partial charge is 0.271 e. The minimum Gasteiger partial charge on any atom is -0.496 e. The van der Waals surface area contributed by atoms with E-state index >= 15 is 0 Å². The van der Waals surface area contributed by atoms with Crippen LogP contribution in [0.15, 0.2) is 12.1 Å². The molecule has 0 saturated heterocycles. The highest BCUT2D eigenvalue weighted by atomic mass is 127. The van der Waals surface area contributed by atoms with E-state index in [1.54, 1.807) is 12.1 Å². The maximum absolute atomic E-state index is 12.6. The molecule has 2 nitrogen and oxygen atoms in total. The molecule has 0 amide bonds. The van der Waals surface area contributed by atoms with E-state index in [-0.39, 0.29) is 17.1 Å². The van der Waals surface area contributed by atoms with Gasteiger partial charge < -0.3 is 9.47 Å². The van der Waals surface area contributed by atoms with Crippen LogP contribution in [0.2, 0.25) is 0 Å². The maximum Gasteiger partial charge on any atom is 0.271 e. The third kappa shape index (κ3) is 2.26. The van der Waals surface area contributed by atoms with Crippen LogP contribution in [-0.2, 0) is 0 Å². The first kappa shape index (κ1) is 11.5. The van der Waals surface area contributed by atoms with Gasteiger partial charge in [-0.15, -0.1) is 0 Å². The number of hydrogen-bond donors (Lipinski definition) is 0. The van der Waals surface area contributed by atoms with Crippen LogP contribution in [0.25, 0.3) is 0 Å². The standard InChI is InChI=1S/C9H9F2IO2/c1-13-6-3-5(12)4-7(14-2)8(6)9(10)11/h3-4,9H,1-2H3. The van der Waals surface area contributed by atoms with Gasteiger partial charge in [0.2, 0.25) is 0 Å². The molecule has 5 heteroatoms. The number of alkyl halides is 2. The molecule has 1 aromatic carbocycles. The summed E-state index contributed by atoms with van der Waals surface area (Å²) in [5.74, 6) is 0.313. The van der Waals surface area contributed by atoms with Gasteiger partial charge in [0.05, 0.1) is 14.2 Å². The van der Waals surface area contributed by atoms with E-state index in [4.69, 9.17) is 9.47 Å². The second-order valence-electron chi connectivity index (χ2n) is 2.52. The van der Waals surface area contributed by atoms with Crippen LogP contribution in [0, 0.1) is 3.57 Å². The highest BCUT2D eigenvalue weighted by Gasteiger charge is 2.20. The predicted octanol–water partition coefficient (Wildman–Crippen LogP) is 3.25. The zero-order valence-electron chi connectivity index (χ0n) is 7.68. The van der Waals surface area contributed by atoms with Crippen molar-refractivity contribution in [2.75, 3.05) is 14.2 Å². The molecule has 1 rings (SSSR count). The quantitative estimate of drug-likeness (QED) is 0.798. The fourth-order valence-corrected chi connectivity index (χ4v) is 1.69. The Bertz CT molecular complexity index is 304. The third-order valence-electron chi connectivity index (χ3n) is 1.73. The van der Waals surface area contributed by atoms with Crippen molar-refractivity contribution in [1.82, 2.24) is 0 Å². The molecule has 1 aromatic rings. The van der Waals surface area contributed by atoms with E-state index in [0.29, 0.717) is 0 Å². The SMILES string of the molecule is COc1cc(I)cc(OC)c1C(F)F. The Kier molecular flexibility index (Phi) is 3.91. The van der Waals surface area contributed by atoms with Gasteiger partial charge in [0.25, 0.3) is 6.43 Å². The Morgan fingerprint density at radius 2 is 1.57 bits per heavy atom. The number of halogens is 3. The number of methoxy groups -OCH3 is 2. The minimum atomic E-state index is -2.60. The Labute approximate surface area is 94.3 Å². The third-order valence-corrected chi connectivity index (χ3v) is 2.35. The Hall–Kier alpha value is -0.590. The number of hydrogen-bond acceptors (Lipinski definition) is 2. The van der Waals surface area contributed by atoms with Crippen molar-refractivity contribution in [3.05, 3.63) is 21.3 Å². The Morgan fingerprint density at radius 1 is 1.14 bits per heavy atom. The molecule has 0 aliphatic rings. The van der Waals surface area contributed by atoms with Crippen molar-refractivity contribution in [2.24, 2.45) is 0 Å². The van der Waals surface area contributed by atoms with Crippen molar-refractivity contribution < 1.29 is 18.3 Å². The van der Waals surface area contributed by atoms with E-state index in [1.807, 2.05) is 22.6 Å². The van der Waals surface area contributed by atoms with E-state index in [0.717, 1.165) is 3.57 Å². The monoisotopic (exact) mass is 314 g/mol. The molecular formula is C9H9F2IO2. The predicted molar refractivity (Wildman–Crippen MR) is 57.2 cm³/mol. The average Bonchev–Trinajstić information content (AvgIpc) is 2.15. The molecule has 0 fully saturated rings. The van der Waals surface area contributed by atoms with Gasteiger partial charge in [-0.3, -0.25) is 0 Å². The molecule has 0 atom stereocenters. The van der Waals surface area contributed by atoms with Crippen LogP contribution in [0.4, 0.5) is 8.78 Å². The maximum atomic E-state index is 12.6. The molecular weight excluding hydrogens is 305 g/mol. The fourth-order valence-electron chi connectivity index (χ4n) is 1.12. The highest BCUT2D eigenvalue weighted by Crippen LogP contribution is 2.38. The zero-order valence-corrected chi connectivity index (χ0v) is 9.84. The molecule has 0 bridgehead atoms. The molecule has 0 N–H and O–H groups in total. The van der Waals surface area contributed by atoms with Gasteiger partial charge in [0.1, 0.15) is 17.1 Å². The lowest BCUT2D eigenvalue weighted by Crippen LogP contribution is -1.98. The molecule has 0 aromatic heterocycles. The molecule has 0 radical (unpaired) electrons.